The molecular formula is C17H15F3O3. The van der Waals surface area contributed by atoms with Gasteiger partial charge >= 0.3 is 6.36 Å². The van der Waals surface area contributed by atoms with Gasteiger partial charge in [-0.2, -0.15) is 0 Å². The molecule has 0 N–H and O–H groups in total. The van der Waals surface area contributed by atoms with E-state index in [-0.39, 0.29) is 18.3 Å². The normalized spacial score (nSPS) is 12.5. The van der Waals surface area contributed by atoms with Crippen LogP contribution in [-0.4, -0.2) is 12.6 Å². The minimum atomic E-state index is -4.70. The molecule has 23 heavy (non-hydrogen) atoms. The van der Waals surface area contributed by atoms with Gasteiger partial charge in [-0.25, -0.2) is 0 Å². The summed E-state index contributed by atoms with van der Waals surface area (Å²) in [6.07, 6.45) is -3.83. The molecular weight excluding hydrogens is 309 g/mol. The molecule has 0 aliphatic heterocycles. The van der Waals surface area contributed by atoms with Crippen LogP contribution in [0.25, 0.3) is 0 Å². The molecule has 0 saturated heterocycles. The number of carbonyl (C=O) groups excluding carboxylic acids is 1. The van der Waals surface area contributed by atoms with Crippen LogP contribution < -0.4 is 9.47 Å². The number of hydrogen-bond donors (Lipinski definition) is 0. The van der Waals surface area contributed by atoms with Crippen LogP contribution in [0.3, 0.4) is 0 Å². The lowest BCUT2D eigenvalue weighted by Gasteiger charge is -2.10. The molecule has 1 unspecified atom stereocenters. The Balaban J connectivity index is 1.92. The van der Waals surface area contributed by atoms with E-state index in [9.17, 15) is 18.0 Å². The number of alkyl halides is 3. The fourth-order valence-electron chi connectivity index (χ4n) is 1.90. The molecule has 0 aliphatic carbocycles. The third-order valence-corrected chi connectivity index (χ3v) is 3.17. The van der Waals surface area contributed by atoms with Crippen molar-refractivity contribution in [3.05, 3.63) is 59.7 Å². The van der Waals surface area contributed by atoms with Crippen LogP contribution in [0, 0.1) is 0 Å². The molecule has 2 aromatic carbocycles. The number of aldehydes is 1. The summed E-state index contributed by atoms with van der Waals surface area (Å²) >= 11 is 0. The van der Waals surface area contributed by atoms with Crippen molar-refractivity contribution in [1.29, 1.82) is 0 Å². The number of hydrogen-bond acceptors (Lipinski definition) is 3. The van der Waals surface area contributed by atoms with E-state index in [1.165, 1.54) is 24.3 Å². The average molecular weight is 324 g/mol. The first-order valence-electron chi connectivity index (χ1n) is 6.90. The van der Waals surface area contributed by atoms with Crippen LogP contribution in [0.5, 0.6) is 11.5 Å². The van der Waals surface area contributed by atoms with Crippen molar-refractivity contribution in [1.82, 2.24) is 0 Å². The fraction of sp³-hybridized carbons (Fsp3) is 0.235. The van der Waals surface area contributed by atoms with Gasteiger partial charge in [0.05, 0.1) is 0 Å². The van der Waals surface area contributed by atoms with E-state index in [0.717, 1.165) is 11.8 Å². The fourth-order valence-corrected chi connectivity index (χ4v) is 1.90. The third kappa shape index (κ3) is 5.32. The summed E-state index contributed by atoms with van der Waals surface area (Å²) in [5.41, 5.74) is 1.60. The summed E-state index contributed by atoms with van der Waals surface area (Å²) in [4.78, 5) is 10.7. The molecule has 3 nitrogen and oxygen atoms in total. The molecule has 0 radical (unpaired) electrons. The first kappa shape index (κ1) is 16.9. The lowest BCUT2D eigenvalue weighted by atomic mass is 10.0. The number of benzene rings is 2. The molecule has 0 aliphatic rings. The zero-order valence-corrected chi connectivity index (χ0v) is 12.3. The zero-order chi connectivity index (χ0) is 16.9. The molecule has 0 heterocycles. The van der Waals surface area contributed by atoms with Crippen molar-refractivity contribution in [2.45, 2.75) is 25.8 Å². The predicted molar refractivity (Wildman–Crippen MR) is 78.4 cm³/mol. The van der Waals surface area contributed by atoms with E-state index in [1.54, 1.807) is 31.2 Å². The largest absolute Gasteiger partial charge is 0.573 e. The lowest BCUT2D eigenvalue weighted by Crippen LogP contribution is -2.17. The molecule has 0 bridgehead atoms. The summed E-state index contributed by atoms with van der Waals surface area (Å²) < 4.78 is 45.5. The molecule has 0 spiro atoms. The Labute approximate surface area is 131 Å². The predicted octanol–water partition coefficient (Wildman–Crippen LogP) is 4.47. The Morgan fingerprint density at radius 2 is 1.57 bits per heavy atom. The van der Waals surface area contributed by atoms with Crippen LogP contribution in [0.1, 0.15) is 24.0 Å². The van der Waals surface area contributed by atoms with Gasteiger partial charge in [0.15, 0.2) is 0 Å². The van der Waals surface area contributed by atoms with Gasteiger partial charge in [-0.3, -0.25) is 0 Å². The van der Waals surface area contributed by atoms with Gasteiger partial charge in [0.25, 0.3) is 0 Å². The second-order valence-corrected chi connectivity index (χ2v) is 4.97. The Kier molecular flexibility index (Phi) is 5.26. The smallest absolute Gasteiger partial charge is 0.489 e. The monoisotopic (exact) mass is 324 g/mol. The molecule has 6 heteroatoms. The van der Waals surface area contributed by atoms with Gasteiger partial charge in [0, 0.05) is 5.92 Å². The second kappa shape index (κ2) is 7.17. The maximum absolute atomic E-state index is 12.1. The van der Waals surface area contributed by atoms with E-state index >= 15 is 0 Å². The van der Waals surface area contributed by atoms with Crippen molar-refractivity contribution < 1.29 is 27.4 Å². The quantitative estimate of drug-likeness (QED) is 0.736. The van der Waals surface area contributed by atoms with Crippen LogP contribution >= 0.6 is 0 Å². The number of carbonyl (C=O) groups is 1. The van der Waals surface area contributed by atoms with Gasteiger partial charge in [0.2, 0.25) is 0 Å². The van der Waals surface area contributed by atoms with Crippen molar-refractivity contribution >= 4 is 6.29 Å². The molecule has 0 fully saturated rings. The first-order valence-corrected chi connectivity index (χ1v) is 6.90. The van der Waals surface area contributed by atoms with Crippen molar-refractivity contribution in [2.24, 2.45) is 0 Å². The zero-order valence-electron chi connectivity index (χ0n) is 12.3. The van der Waals surface area contributed by atoms with Gasteiger partial charge in [-0.05, 0) is 35.4 Å². The summed E-state index contributed by atoms with van der Waals surface area (Å²) in [6, 6.07) is 12.6. The maximum atomic E-state index is 12.1. The Morgan fingerprint density at radius 1 is 1.00 bits per heavy atom. The van der Waals surface area contributed by atoms with E-state index in [0.29, 0.717) is 11.3 Å². The van der Waals surface area contributed by atoms with Crippen LogP contribution in [0.15, 0.2) is 48.5 Å². The molecule has 2 rings (SSSR count). The highest BCUT2D eigenvalue weighted by Crippen LogP contribution is 2.23. The van der Waals surface area contributed by atoms with Crippen LogP contribution in [0.4, 0.5) is 13.2 Å². The Hall–Kier alpha value is -2.50. The average Bonchev–Trinajstić information content (AvgIpc) is 2.52. The molecule has 2 aromatic rings. The van der Waals surface area contributed by atoms with Crippen molar-refractivity contribution in [3.8, 4) is 11.5 Å². The third-order valence-electron chi connectivity index (χ3n) is 3.17. The topological polar surface area (TPSA) is 35.5 Å². The van der Waals surface area contributed by atoms with Gasteiger partial charge < -0.3 is 14.3 Å². The second-order valence-electron chi connectivity index (χ2n) is 4.97. The molecule has 0 amide bonds. The summed E-state index contributed by atoms with van der Waals surface area (Å²) in [7, 11) is 0. The standard InChI is InChI=1S/C17H15F3O3/c1-12(10-21)14-4-8-15(9-5-14)22-11-13-2-6-16(7-3-13)23-17(18,19)20/h2-10,12H,11H2,1H3. The first-order chi connectivity index (χ1) is 10.9. The van der Waals surface area contributed by atoms with Crippen LogP contribution in [-0.2, 0) is 11.4 Å². The highest BCUT2D eigenvalue weighted by molar-refractivity contribution is 5.61. The highest BCUT2D eigenvalue weighted by atomic mass is 19.4. The maximum Gasteiger partial charge on any atom is 0.573 e. The van der Waals surface area contributed by atoms with E-state index < -0.39 is 6.36 Å². The molecule has 0 aromatic heterocycles. The van der Waals surface area contributed by atoms with E-state index in [1.807, 2.05) is 0 Å². The number of halogens is 3. The number of ether oxygens (including phenoxy) is 2. The summed E-state index contributed by atoms with van der Waals surface area (Å²) in [6.45, 7) is 2.02. The SMILES string of the molecule is CC(C=O)c1ccc(OCc2ccc(OC(F)(F)F)cc2)cc1. The van der Waals surface area contributed by atoms with E-state index in [4.69, 9.17) is 4.74 Å². The summed E-state index contributed by atoms with van der Waals surface area (Å²) in [5.74, 6) is 0.168. The summed E-state index contributed by atoms with van der Waals surface area (Å²) in [5, 5.41) is 0. The molecule has 122 valence electrons. The van der Waals surface area contributed by atoms with Crippen molar-refractivity contribution in [2.75, 3.05) is 0 Å². The van der Waals surface area contributed by atoms with Crippen molar-refractivity contribution in [3.63, 3.8) is 0 Å². The Bertz CT molecular complexity index is 634. The Morgan fingerprint density at radius 3 is 2.09 bits per heavy atom. The highest BCUT2D eigenvalue weighted by Gasteiger charge is 2.30. The van der Waals surface area contributed by atoms with E-state index in [2.05, 4.69) is 4.74 Å². The van der Waals surface area contributed by atoms with Crippen LogP contribution in [0.2, 0.25) is 0 Å². The lowest BCUT2D eigenvalue weighted by molar-refractivity contribution is -0.274. The number of rotatable bonds is 6. The van der Waals surface area contributed by atoms with Gasteiger partial charge in [-0.1, -0.05) is 31.2 Å². The molecule has 0 saturated carbocycles. The minimum Gasteiger partial charge on any atom is -0.489 e. The van der Waals surface area contributed by atoms with Gasteiger partial charge in [0.1, 0.15) is 24.4 Å². The minimum absolute atomic E-state index is 0.176. The van der Waals surface area contributed by atoms with Gasteiger partial charge in [-0.15, -0.1) is 13.2 Å². The molecule has 1 atom stereocenters.